The molecular formula is C16H20FNO2. The number of ether oxygens (including phenoxy) is 1. The minimum Gasteiger partial charge on any atom is -0.494 e. The van der Waals surface area contributed by atoms with E-state index >= 15 is 0 Å². The van der Waals surface area contributed by atoms with E-state index in [1.807, 2.05) is 26.8 Å². The molecule has 0 spiro atoms. The van der Waals surface area contributed by atoms with Gasteiger partial charge in [-0.15, -0.1) is 0 Å². The Kier molecular flexibility index (Phi) is 5.97. The minimum absolute atomic E-state index is 0.0782. The van der Waals surface area contributed by atoms with E-state index in [-0.39, 0.29) is 17.7 Å². The molecular weight excluding hydrogens is 257 g/mol. The summed E-state index contributed by atoms with van der Waals surface area (Å²) in [5.74, 6) is -0.516. The van der Waals surface area contributed by atoms with Crippen LogP contribution >= 0.6 is 0 Å². The number of carbonyl (C=O) groups is 1. The van der Waals surface area contributed by atoms with E-state index in [1.54, 1.807) is 18.2 Å². The number of methoxy groups -OCH3 is 1. The lowest BCUT2D eigenvalue weighted by Gasteiger charge is -2.26. The summed E-state index contributed by atoms with van der Waals surface area (Å²) >= 11 is 0. The largest absolute Gasteiger partial charge is 0.494 e. The van der Waals surface area contributed by atoms with Crippen molar-refractivity contribution in [2.45, 2.75) is 26.8 Å². The van der Waals surface area contributed by atoms with Gasteiger partial charge in [0.05, 0.1) is 7.11 Å². The lowest BCUT2D eigenvalue weighted by atomic mass is 10.2. The molecule has 0 aromatic heterocycles. The average Bonchev–Trinajstić information content (AvgIpc) is 2.39. The summed E-state index contributed by atoms with van der Waals surface area (Å²) in [6.45, 7) is 5.63. The van der Waals surface area contributed by atoms with Gasteiger partial charge in [0, 0.05) is 23.9 Å². The highest BCUT2D eigenvalue weighted by Gasteiger charge is 2.18. The number of hydrogen-bond donors (Lipinski definition) is 0. The fraction of sp³-hybridized carbons (Fsp3) is 0.312. The zero-order chi connectivity index (χ0) is 15.1. The molecule has 0 heterocycles. The fourth-order valence-electron chi connectivity index (χ4n) is 1.81. The molecule has 20 heavy (non-hydrogen) atoms. The standard InChI is InChI=1S/C16H20FNO2/c1-5-6-7-8-16(19)18(12(2)3)13-9-10-15(20-4)14(17)11-13/h5-12H,1-4H3/b6-5+,8-7+. The molecule has 1 rings (SSSR count). The molecule has 0 fully saturated rings. The Hall–Kier alpha value is -2.10. The van der Waals surface area contributed by atoms with Crippen LogP contribution in [0.4, 0.5) is 10.1 Å². The maximum atomic E-state index is 13.8. The second-order valence-corrected chi connectivity index (χ2v) is 4.51. The van der Waals surface area contributed by atoms with Crippen LogP contribution in [0, 0.1) is 5.82 Å². The van der Waals surface area contributed by atoms with Gasteiger partial charge in [-0.25, -0.2) is 4.39 Å². The highest BCUT2D eigenvalue weighted by molar-refractivity contribution is 6.02. The second-order valence-electron chi connectivity index (χ2n) is 4.51. The van der Waals surface area contributed by atoms with Crippen molar-refractivity contribution in [3.05, 3.63) is 48.3 Å². The van der Waals surface area contributed by atoms with Crippen LogP contribution < -0.4 is 9.64 Å². The third-order valence-electron chi connectivity index (χ3n) is 2.71. The summed E-state index contributed by atoms with van der Waals surface area (Å²) in [5, 5.41) is 0. The molecule has 0 saturated heterocycles. The molecule has 4 heteroatoms. The number of benzene rings is 1. The summed E-state index contributed by atoms with van der Waals surface area (Å²) < 4.78 is 18.6. The Morgan fingerprint density at radius 1 is 1.35 bits per heavy atom. The van der Waals surface area contributed by atoms with E-state index in [2.05, 4.69) is 0 Å². The molecule has 0 N–H and O–H groups in total. The molecule has 0 saturated carbocycles. The van der Waals surface area contributed by atoms with E-state index in [9.17, 15) is 9.18 Å². The number of rotatable bonds is 5. The third kappa shape index (κ3) is 3.95. The lowest BCUT2D eigenvalue weighted by molar-refractivity contribution is -0.114. The van der Waals surface area contributed by atoms with Gasteiger partial charge in [-0.1, -0.05) is 18.2 Å². The Morgan fingerprint density at radius 3 is 2.55 bits per heavy atom. The van der Waals surface area contributed by atoms with Gasteiger partial charge in [0.15, 0.2) is 11.6 Å². The van der Waals surface area contributed by atoms with E-state index in [0.717, 1.165) is 0 Å². The summed E-state index contributed by atoms with van der Waals surface area (Å²) in [5.41, 5.74) is 0.508. The van der Waals surface area contributed by atoms with Crippen molar-refractivity contribution in [3.8, 4) is 5.75 Å². The fourth-order valence-corrected chi connectivity index (χ4v) is 1.81. The summed E-state index contributed by atoms with van der Waals surface area (Å²) in [6.07, 6.45) is 6.72. The SMILES string of the molecule is C/C=C/C=C/C(=O)N(c1ccc(OC)c(F)c1)C(C)C. The van der Waals surface area contributed by atoms with Crippen molar-refractivity contribution in [1.29, 1.82) is 0 Å². The number of carbonyl (C=O) groups excluding carboxylic acids is 1. The van der Waals surface area contributed by atoms with Crippen LogP contribution in [0.25, 0.3) is 0 Å². The van der Waals surface area contributed by atoms with Gasteiger partial charge in [0.2, 0.25) is 0 Å². The van der Waals surface area contributed by atoms with E-state index < -0.39 is 5.82 Å². The van der Waals surface area contributed by atoms with Crippen LogP contribution in [0.2, 0.25) is 0 Å². The first kappa shape index (κ1) is 16.0. The van der Waals surface area contributed by atoms with Crippen LogP contribution in [-0.4, -0.2) is 19.1 Å². The second kappa shape index (κ2) is 7.48. The molecule has 3 nitrogen and oxygen atoms in total. The number of hydrogen-bond acceptors (Lipinski definition) is 2. The van der Waals surface area contributed by atoms with Crippen molar-refractivity contribution in [2.24, 2.45) is 0 Å². The molecule has 0 aliphatic heterocycles. The van der Waals surface area contributed by atoms with Crippen LogP contribution in [0.1, 0.15) is 20.8 Å². The van der Waals surface area contributed by atoms with Crippen LogP contribution in [0.15, 0.2) is 42.5 Å². The highest BCUT2D eigenvalue weighted by atomic mass is 19.1. The zero-order valence-electron chi connectivity index (χ0n) is 12.3. The number of allylic oxidation sites excluding steroid dienone is 3. The topological polar surface area (TPSA) is 29.5 Å². The first-order chi connectivity index (χ1) is 9.51. The van der Waals surface area contributed by atoms with Gasteiger partial charge in [0.1, 0.15) is 0 Å². The molecule has 0 aliphatic rings. The Balaban J connectivity index is 3.08. The minimum atomic E-state index is -0.485. The Bertz CT molecular complexity index is 521. The molecule has 1 aromatic rings. The van der Waals surface area contributed by atoms with Crippen LogP contribution in [-0.2, 0) is 4.79 Å². The maximum Gasteiger partial charge on any atom is 0.251 e. The van der Waals surface area contributed by atoms with Gasteiger partial charge in [-0.3, -0.25) is 4.79 Å². The molecule has 0 bridgehead atoms. The zero-order valence-corrected chi connectivity index (χ0v) is 12.3. The number of nitrogens with zero attached hydrogens (tertiary/aromatic N) is 1. The maximum absolute atomic E-state index is 13.8. The Morgan fingerprint density at radius 2 is 2.05 bits per heavy atom. The predicted octanol–water partition coefficient (Wildman–Crippen LogP) is 3.71. The average molecular weight is 277 g/mol. The quantitative estimate of drug-likeness (QED) is 0.606. The van der Waals surface area contributed by atoms with Crippen molar-refractivity contribution in [3.63, 3.8) is 0 Å². The van der Waals surface area contributed by atoms with Crippen molar-refractivity contribution in [1.82, 2.24) is 0 Å². The van der Waals surface area contributed by atoms with Gasteiger partial charge >= 0.3 is 0 Å². The van der Waals surface area contributed by atoms with Gasteiger partial charge in [0.25, 0.3) is 5.91 Å². The molecule has 0 atom stereocenters. The molecule has 108 valence electrons. The lowest BCUT2D eigenvalue weighted by Crippen LogP contribution is -2.35. The molecule has 1 amide bonds. The molecule has 1 aromatic carbocycles. The monoisotopic (exact) mass is 277 g/mol. The normalized spacial score (nSPS) is 11.5. The van der Waals surface area contributed by atoms with Crippen molar-refractivity contribution >= 4 is 11.6 Å². The van der Waals surface area contributed by atoms with Crippen molar-refractivity contribution in [2.75, 3.05) is 12.0 Å². The first-order valence-corrected chi connectivity index (χ1v) is 6.47. The van der Waals surface area contributed by atoms with E-state index in [1.165, 1.54) is 30.2 Å². The highest BCUT2D eigenvalue weighted by Crippen LogP contribution is 2.25. The van der Waals surface area contributed by atoms with Gasteiger partial charge in [-0.2, -0.15) is 0 Å². The summed E-state index contributed by atoms with van der Waals surface area (Å²) in [6, 6.07) is 4.41. The van der Waals surface area contributed by atoms with E-state index in [4.69, 9.17) is 4.74 Å². The van der Waals surface area contributed by atoms with Gasteiger partial charge in [-0.05, 0) is 32.9 Å². The van der Waals surface area contributed by atoms with Crippen LogP contribution in [0.5, 0.6) is 5.75 Å². The number of anilines is 1. The summed E-state index contributed by atoms with van der Waals surface area (Å²) in [4.78, 5) is 13.7. The van der Waals surface area contributed by atoms with E-state index in [0.29, 0.717) is 5.69 Å². The predicted molar refractivity (Wildman–Crippen MR) is 79.5 cm³/mol. The van der Waals surface area contributed by atoms with Crippen molar-refractivity contribution < 1.29 is 13.9 Å². The van der Waals surface area contributed by atoms with Gasteiger partial charge < -0.3 is 9.64 Å². The molecule has 0 unspecified atom stereocenters. The Labute approximate surface area is 119 Å². The van der Waals surface area contributed by atoms with Crippen LogP contribution in [0.3, 0.4) is 0 Å². The summed E-state index contributed by atoms with van der Waals surface area (Å²) in [7, 11) is 1.41. The number of halogens is 1. The smallest absolute Gasteiger partial charge is 0.251 e. The molecule has 0 radical (unpaired) electrons. The molecule has 0 aliphatic carbocycles. The third-order valence-corrected chi connectivity index (χ3v) is 2.71. The number of amides is 1. The first-order valence-electron chi connectivity index (χ1n) is 6.47.